The van der Waals surface area contributed by atoms with Crippen LogP contribution < -0.4 is 9.64 Å². The van der Waals surface area contributed by atoms with Gasteiger partial charge in [-0.2, -0.15) is 0 Å². The average Bonchev–Trinajstić information content (AvgIpc) is 3.35. The third-order valence-electron chi connectivity index (χ3n) is 4.84. The van der Waals surface area contributed by atoms with Crippen molar-refractivity contribution in [1.29, 1.82) is 0 Å². The van der Waals surface area contributed by atoms with Crippen LogP contribution in [0.1, 0.15) is 16.9 Å². The van der Waals surface area contributed by atoms with Gasteiger partial charge in [-0.05, 0) is 54.4 Å². The molecule has 30 heavy (non-hydrogen) atoms. The van der Waals surface area contributed by atoms with E-state index in [2.05, 4.69) is 0 Å². The summed E-state index contributed by atoms with van der Waals surface area (Å²) in [5.74, 6) is 1.08. The van der Waals surface area contributed by atoms with Gasteiger partial charge in [0.2, 0.25) is 0 Å². The molecule has 7 heteroatoms. The average molecular weight is 440 g/mol. The number of rotatable bonds is 6. The number of furan rings is 1. The Balaban J connectivity index is 1.77. The molecule has 0 unspecified atom stereocenters. The fraction of sp³-hybridized carbons (Fsp3) is 0.130. The molecule has 1 aliphatic heterocycles. The minimum absolute atomic E-state index is 0.360. The molecule has 0 spiro atoms. The second kappa shape index (κ2) is 8.42. The summed E-state index contributed by atoms with van der Waals surface area (Å²) < 4.78 is 10.6. The van der Waals surface area contributed by atoms with E-state index in [9.17, 15) is 9.59 Å². The molecule has 0 atom stereocenters. The maximum absolute atomic E-state index is 13.4. The van der Waals surface area contributed by atoms with E-state index in [1.165, 1.54) is 16.7 Å². The first-order valence-electron chi connectivity index (χ1n) is 9.19. The number of amides is 2. The van der Waals surface area contributed by atoms with E-state index in [4.69, 9.17) is 20.8 Å². The Morgan fingerprint density at radius 2 is 1.80 bits per heavy atom. The molecule has 0 N–H and O–H groups in total. The van der Waals surface area contributed by atoms with Crippen molar-refractivity contribution < 1.29 is 18.7 Å². The lowest BCUT2D eigenvalue weighted by Crippen LogP contribution is -2.32. The number of carbonyl (C=O) groups is 2. The lowest BCUT2D eigenvalue weighted by atomic mass is 10.1. The monoisotopic (exact) mass is 439 g/mol. The van der Waals surface area contributed by atoms with E-state index in [-0.39, 0.29) is 11.8 Å². The molecule has 0 radical (unpaired) electrons. The number of halogens is 1. The van der Waals surface area contributed by atoms with Gasteiger partial charge in [0, 0.05) is 5.02 Å². The number of hydrogen-bond donors (Lipinski definition) is 0. The molecule has 0 bridgehead atoms. The molecular formula is C23H18ClNO4S. The van der Waals surface area contributed by atoms with Crippen LogP contribution in [0.5, 0.6) is 5.75 Å². The van der Waals surface area contributed by atoms with E-state index in [1.807, 2.05) is 6.07 Å². The van der Waals surface area contributed by atoms with Crippen LogP contribution in [-0.4, -0.2) is 18.9 Å². The van der Waals surface area contributed by atoms with Crippen molar-refractivity contribution >= 4 is 46.4 Å². The van der Waals surface area contributed by atoms with E-state index >= 15 is 0 Å². The molecule has 3 aromatic rings. The fourth-order valence-electron chi connectivity index (χ4n) is 3.25. The highest BCUT2D eigenvalue weighted by Crippen LogP contribution is 2.41. The van der Waals surface area contributed by atoms with Gasteiger partial charge in [0.1, 0.15) is 11.5 Å². The Morgan fingerprint density at radius 1 is 1.03 bits per heavy atom. The molecule has 0 saturated heterocycles. The van der Waals surface area contributed by atoms with Crippen molar-refractivity contribution in [2.75, 3.05) is 12.0 Å². The van der Waals surface area contributed by atoms with E-state index in [0.29, 0.717) is 43.8 Å². The number of carbonyl (C=O) groups excluding carboxylic acids is 2. The van der Waals surface area contributed by atoms with Crippen molar-refractivity contribution in [3.8, 4) is 5.75 Å². The fourth-order valence-corrected chi connectivity index (χ4v) is 4.44. The van der Waals surface area contributed by atoms with Crippen molar-refractivity contribution in [1.82, 2.24) is 0 Å². The van der Waals surface area contributed by atoms with Crippen LogP contribution in [0.25, 0.3) is 5.57 Å². The first-order valence-corrected chi connectivity index (χ1v) is 10.6. The zero-order valence-electron chi connectivity index (χ0n) is 16.3. The predicted molar refractivity (Wildman–Crippen MR) is 119 cm³/mol. The van der Waals surface area contributed by atoms with Gasteiger partial charge in [-0.3, -0.25) is 9.59 Å². The molecule has 2 heterocycles. The molecule has 0 fully saturated rings. The Kier molecular flexibility index (Phi) is 5.70. The minimum Gasteiger partial charge on any atom is -0.497 e. The van der Waals surface area contributed by atoms with Crippen LogP contribution in [0.2, 0.25) is 5.02 Å². The van der Waals surface area contributed by atoms with Crippen molar-refractivity contribution in [2.24, 2.45) is 0 Å². The predicted octanol–water partition coefficient (Wildman–Crippen LogP) is 5.47. The van der Waals surface area contributed by atoms with Gasteiger partial charge in [0.25, 0.3) is 11.8 Å². The molecular weight excluding hydrogens is 422 g/mol. The van der Waals surface area contributed by atoms with Gasteiger partial charge in [0.05, 0.1) is 35.3 Å². The zero-order chi connectivity index (χ0) is 21.3. The first-order chi connectivity index (χ1) is 14.5. The Bertz CT molecular complexity index is 1140. The highest BCUT2D eigenvalue weighted by atomic mass is 35.5. The van der Waals surface area contributed by atoms with E-state index in [1.54, 1.807) is 68.8 Å². The molecule has 0 aliphatic carbocycles. The summed E-state index contributed by atoms with van der Waals surface area (Å²) in [7, 11) is 1.58. The van der Waals surface area contributed by atoms with Gasteiger partial charge in [-0.25, -0.2) is 4.90 Å². The van der Waals surface area contributed by atoms with Gasteiger partial charge >= 0.3 is 0 Å². The molecule has 2 amide bonds. The topological polar surface area (TPSA) is 59.8 Å². The lowest BCUT2D eigenvalue weighted by Gasteiger charge is -2.18. The molecule has 1 aliphatic rings. The summed E-state index contributed by atoms with van der Waals surface area (Å²) in [5.41, 5.74) is 2.17. The number of ether oxygens (including phenoxy) is 1. The van der Waals surface area contributed by atoms with Crippen molar-refractivity contribution in [2.45, 2.75) is 12.7 Å². The quantitative estimate of drug-likeness (QED) is 0.477. The highest BCUT2D eigenvalue weighted by molar-refractivity contribution is 8.03. The number of methoxy groups -OCH3 is 1. The smallest absolute Gasteiger partial charge is 0.272 e. The summed E-state index contributed by atoms with van der Waals surface area (Å²) in [4.78, 5) is 28.4. The Labute approximate surface area is 183 Å². The van der Waals surface area contributed by atoms with Crippen LogP contribution in [0.3, 0.4) is 0 Å². The maximum atomic E-state index is 13.4. The second-order valence-corrected chi connectivity index (χ2v) is 8.02. The second-order valence-electron chi connectivity index (χ2n) is 6.63. The van der Waals surface area contributed by atoms with Gasteiger partial charge in [0.15, 0.2) is 0 Å². The molecule has 4 rings (SSSR count). The van der Waals surface area contributed by atoms with Crippen LogP contribution >= 0.6 is 23.4 Å². The van der Waals surface area contributed by atoms with E-state index < -0.39 is 0 Å². The van der Waals surface area contributed by atoms with Gasteiger partial charge in [-0.1, -0.05) is 29.8 Å². The molecule has 5 nitrogen and oxygen atoms in total. The molecule has 1 aromatic heterocycles. The minimum atomic E-state index is -0.377. The third kappa shape index (κ3) is 3.64. The van der Waals surface area contributed by atoms with Crippen LogP contribution in [0.4, 0.5) is 5.69 Å². The highest BCUT2D eigenvalue weighted by Gasteiger charge is 2.41. The van der Waals surface area contributed by atoms with Crippen molar-refractivity contribution in [3.63, 3.8) is 0 Å². The zero-order valence-corrected chi connectivity index (χ0v) is 17.9. The first kappa shape index (κ1) is 20.3. The number of anilines is 1. The summed E-state index contributed by atoms with van der Waals surface area (Å²) in [6, 6.07) is 15.9. The van der Waals surface area contributed by atoms with E-state index in [0.717, 1.165) is 5.76 Å². The molecule has 152 valence electrons. The summed E-state index contributed by atoms with van der Waals surface area (Å²) >= 11 is 7.53. The Morgan fingerprint density at radius 3 is 2.47 bits per heavy atom. The van der Waals surface area contributed by atoms with Crippen LogP contribution in [0, 0.1) is 6.92 Å². The van der Waals surface area contributed by atoms with Crippen LogP contribution in [0.15, 0.2) is 70.2 Å². The Hall–Kier alpha value is -2.96. The summed E-state index contributed by atoms with van der Waals surface area (Å²) in [6.45, 7) is 1.79. The molecule has 0 saturated carbocycles. The number of benzene rings is 2. The maximum Gasteiger partial charge on any atom is 0.272 e. The summed E-state index contributed by atoms with van der Waals surface area (Å²) in [5, 5.41) is 0.496. The SMILES string of the molecule is COc1ccc(C2=C(SCc3ccco3)C(=O)N(c3cccc(Cl)c3C)C2=O)cc1. The summed E-state index contributed by atoms with van der Waals surface area (Å²) in [6.07, 6.45) is 1.58. The van der Waals surface area contributed by atoms with Crippen LogP contribution in [-0.2, 0) is 15.3 Å². The number of imide groups is 1. The standard InChI is InChI=1S/C23H18ClNO4S/c1-14-18(24)6-3-7-19(14)25-22(26)20(15-8-10-16(28-2)11-9-15)21(23(25)27)30-13-17-5-4-12-29-17/h3-12H,13H2,1-2H3. The number of hydrogen-bond acceptors (Lipinski definition) is 5. The van der Waals surface area contributed by atoms with Gasteiger partial charge < -0.3 is 9.15 Å². The number of nitrogens with zero attached hydrogens (tertiary/aromatic N) is 1. The number of thioether (sulfide) groups is 1. The molecule has 2 aromatic carbocycles. The lowest BCUT2D eigenvalue weighted by molar-refractivity contribution is -0.119. The van der Waals surface area contributed by atoms with Crippen molar-refractivity contribution in [3.05, 3.63) is 87.7 Å². The third-order valence-corrected chi connectivity index (χ3v) is 6.34. The normalized spacial score (nSPS) is 14.0. The van der Waals surface area contributed by atoms with Gasteiger partial charge in [-0.15, -0.1) is 11.8 Å². The largest absolute Gasteiger partial charge is 0.497 e.